The Balaban J connectivity index is 1.28. The van der Waals surface area contributed by atoms with Crippen LogP contribution in [0.1, 0.15) is 51.0 Å². The van der Waals surface area contributed by atoms with E-state index in [0.29, 0.717) is 12.0 Å². The maximum Gasteiger partial charge on any atom is 0.315 e. The quantitative estimate of drug-likeness (QED) is 0.719. The van der Waals surface area contributed by atoms with E-state index in [1.54, 1.807) is 0 Å². The van der Waals surface area contributed by atoms with Gasteiger partial charge in [0.2, 0.25) is 0 Å². The average Bonchev–Trinajstić information content (AvgIpc) is 2.53. The number of hydrogen-bond acceptors (Lipinski definition) is 1. The molecule has 0 aliphatic heterocycles. The fourth-order valence-electron chi connectivity index (χ4n) is 6.12. The van der Waals surface area contributed by atoms with E-state index in [0.717, 1.165) is 28.6 Å². The number of halogens is 1. The van der Waals surface area contributed by atoms with Crippen LogP contribution in [0.25, 0.3) is 0 Å². The van der Waals surface area contributed by atoms with Crippen LogP contribution in [0.5, 0.6) is 0 Å². The lowest BCUT2D eigenvalue weighted by molar-refractivity contribution is -0.0682. The predicted molar refractivity (Wildman–Crippen MR) is 104 cm³/mol. The van der Waals surface area contributed by atoms with Crippen LogP contribution in [0.3, 0.4) is 0 Å². The first kappa shape index (κ1) is 17.4. The molecule has 4 bridgehead atoms. The molecule has 1 atom stereocenters. The Bertz CT molecular complexity index is 609. The van der Waals surface area contributed by atoms with Crippen LogP contribution in [0.2, 0.25) is 0 Å². The number of carbonyl (C=O) groups is 1. The van der Waals surface area contributed by atoms with Gasteiger partial charge in [-0.2, -0.15) is 0 Å². The molecule has 0 radical (unpaired) electrons. The fourth-order valence-corrected chi connectivity index (χ4v) is 6.57. The first-order valence-electron chi connectivity index (χ1n) is 9.81. The van der Waals surface area contributed by atoms with E-state index in [4.69, 9.17) is 0 Å². The van der Waals surface area contributed by atoms with Crippen molar-refractivity contribution in [1.82, 2.24) is 10.6 Å². The number of rotatable bonds is 5. The summed E-state index contributed by atoms with van der Waals surface area (Å²) in [6, 6.07) is 8.55. The highest BCUT2D eigenvalue weighted by molar-refractivity contribution is 9.10. The van der Waals surface area contributed by atoms with E-state index in [1.165, 1.54) is 44.1 Å². The van der Waals surface area contributed by atoms with Crippen LogP contribution in [-0.2, 0) is 6.42 Å². The highest BCUT2D eigenvalue weighted by atomic mass is 79.9. The molecule has 2 N–H and O–H groups in total. The van der Waals surface area contributed by atoms with E-state index < -0.39 is 0 Å². The van der Waals surface area contributed by atoms with Gasteiger partial charge >= 0.3 is 6.03 Å². The van der Waals surface area contributed by atoms with Crippen molar-refractivity contribution in [2.45, 2.75) is 57.9 Å². The van der Waals surface area contributed by atoms with Gasteiger partial charge in [0, 0.05) is 17.1 Å². The molecule has 3 nitrogen and oxygen atoms in total. The third kappa shape index (κ3) is 3.74. The Morgan fingerprint density at radius 3 is 2.44 bits per heavy atom. The van der Waals surface area contributed by atoms with Crippen LogP contribution >= 0.6 is 15.9 Å². The molecule has 1 unspecified atom stereocenters. The van der Waals surface area contributed by atoms with Gasteiger partial charge in [-0.1, -0.05) is 28.1 Å². The van der Waals surface area contributed by atoms with Crippen molar-refractivity contribution < 1.29 is 4.79 Å². The summed E-state index contributed by atoms with van der Waals surface area (Å²) in [6.45, 7) is 2.91. The van der Waals surface area contributed by atoms with Crippen molar-refractivity contribution >= 4 is 22.0 Å². The van der Waals surface area contributed by atoms with Gasteiger partial charge in [-0.3, -0.25) is 0 Å². The molecule has 4 fully saturated rings. The predicted octanol–water partition coefficient (Wildman–Crippen LogP) is 4.90. The van der Waals surface area contributed by atoms with Gasteiger partial charge in [0.25, 0.3) is 0 Å². The van der Waals surface area contributed by atoms with Crippen LogP contribution in [0, 0.1) is 23.2 Å². The van der Waals surface area contributed by atoms with E-state index in [2.05, 4.69) is 45.6 Å². The molecular weight excluding hydrogens is 376 g/mol. The van der Waals surface area contributed by atoms with E-state index in [1.807, 2.05) is 12.1 Å². The molecule has 0 spiro atoms. The highest BCUT2D eigenvalue weighted by Crippen LogP contribution is 2.61. The molecule has 136 valence electrons. The lowest BCUT2D eigenvalue weighted by atomic mass is 9.48. The highest BCUT2D eigenvalue weighted by Gasteiger charge is 2.53. The smallest absolute Gasteiger partial charge is 0.315 e. The molecular formula is C21H29BrN2O. The van der Waals surface area contributed by atoms with Crippen molar-refractivity contribution in [2.24, 2.45) is 23.2 Å². The third-order valence-corrected chi connectivity index (χ3v) is 7.43. The monoisotopic (exact) mass is 404 g/mol. The lowest BCUT2D eigenvalue weighted by Crippen LogP contribution is -2.57. The molecule has 25 heavy (non-hydrogen) atoms. The minimum absolute atomic E-state index is 0.00163. The fraction of sp³-hybridized carbons (Fsp3) is 0.667. The van der Waals surface area contributed by atoms with Gasteiger partial charge in [0.05, 0.1) is 0 Å². The molecule has 1 aromatic carbocycles. The van der Waals surface area contributed by atoms with Crippen LogP contribution in [0.4, 0.5) is 4.79 Å². The van der Waals surface area contributed by atoms with Crippen molar-refractivity contribution in [2.75, 3.05) is 6.54 Å². The maximum absolute atomic E-state index is 12.4. The van der Waals surface area contributed by atoms with Crippen LogP contribution in [0.15, 0.2) is 28.7 Å². The third-order valence-electron chi connectivity index (χ3n) is 6.94. The van der Waals surface area contributed by atoms with Gasteiger partial charge in [0.1, 0.15) is 0 Å². The van der Waals surface area contributed by atoms with Crippen molar-refractivity contribution in [3.63, 3.8) is 0 Å². The Morgan fingerprint density at radius 1 is 1.20 bits per heavy atom. The molecule has 4 aliphatic carbocycles. The molecule has 2 amide bonds. The Labute approximate surface area is 159 Å². The van der Waals surface area contributed by atoms with E-state index >= 15 is 0 Å². The normalized spacial score (nSPS) is 33.9. The first-order valence-corrected chi connectivity index (χ1v) is 10.6. The molecule has 4 saturated carbocycles. The van der Waals surface area contributed by atoms with Gasteiger partial charge in [-0.25, -0.2) is 4.79 Å². The molecule has 0 aromatic heterocycles. The Kier molecular flexibility index (Phi) is 4.83. The number of hydrogen-bond donors (Lipinski definition) is 2. The summed E-state index contributed by atoms with van der Waals surface area (Å²) in [5.74, 6) is 2.78. The van der Waals surface area contributed by atoms with E-state index in [9.17, 15) is 4.79 Å². The number of carbonyl (C=O) groups excluding carboxylic acids is 1. The Hall–Kier alpha value is -1.03. The summed E-state index contributed by atoms with van der Waals surface area (Å²) in [7, 11) is 0. The number of benzene rings is 1. The van der Waals surface area contributed by atoms with Gasteiger partial charge in [-0.15, -0.1) is 0 Å². The number of urea groups is 1. The van der Waals surface area contributed by atoms with Crippen molar-refractivity contribution in [1.29, 1.82) is 0 Å². The summed E-state index contributed by atoms with van der Waals surface area (Å²) in [5, 5.41) is 6.32. The summed E-state index contributed by atoms with van der Waals surface area (Å²) in [4.78, 5) is 12.4. The lowest BCUT2D eigenvalue weighted by Gasteiger charge is -2.59. The zero-order chi connectivity index (χ0) is 17.4. The minimum Gasteiger partial charge on any atom is -0.338 e. The molecule has 4 aliphatic rings. The van der Waals surface area contributed by atoms with Crippen molar-refractivity contribution in [3.8, 4) is 0 Å². The SMILES string of the molecule is CC(NC(=O)NCCc1cccc(Br)c1)C12CC3CC(CC(C3)C1)C2. The summed E-state index contributed by atoms with van der Waals surface area (Å²) < 4.78 is 1.09. The van der Waals surface area contributed by atoms with Gasteiger partial charge in [-0.05, 0) is 92.7 Å². The van der Waals surface area contributed by atoms with Crippen LogP contribution in [-0.4, -0.2) is 18.6 Å². The zero-order valence-corrected chi connectivity index (χ0v) is 16.6. The second-order valence-electron chi connectivity index (χ2n) is 8.78. The second-order valence-corrected chi connectivity index (χ2v) is 9.70. The first-order chi connectivity index (χ1) is 12.0. The average molecular weight is 405 g/mol. The zero-order valence-electron chi connectivity index (χ0n) is 15.1. The standard InChI is InChI=1S/C21H29BrN2O/c1-14(21-11-16-7-17(12-21)9-18(8-16)13-21)24-20(25)23-6-5-15-3-2-4-19(22)10-15/h2-4,10,14,16-18H,5-9,11-13H2,1H3,(H2,23,24,25). The number of amides is 2. The molecule has 0 heterocycles. The van der Waals surface area contributed by atoms with Crippen LogP contribution < -0.4 is 10.6 Å². The Morgan fingerprint density at radius 2 is 1.84 bits per heavy atom. The van der Waals surface area contributed by atoms with E-state index in [-0.39, 0.29) is 12.1 Å². The molecule has 1 aromatic rings. The summed E-state index contributed by atoms with van der Waals surface area (Å²) in [5.41, 5.74) is 1.61. The summed E-state index contributed by atoms with van der Waals surface area (Å²) >= 11 is 3.49. The second kappa shape index (κ2) is 6.94. The topological polar surface area (TPSA) is 41.1 Å². The number of nitrogens with one attached hydrogen (secondary N) is 2. The van der Waals surface area contributed by atoms with Crippen molar-refractivity contribution in [3.05, 3.63) is 34.3 Å². The summed E-state index contributed by atoms with van der Waals surface area (Å²) in [6.07, 6.45) is 9.20. The maximum atomic E-state index is 12.4. The minimum atomic E-state index is -0.00163. The molecule has 5 rings (SSSR count). The largest absolute Gasteiger partial charge is 0.338 e. The van der Waals surface area contributed by atoms with Gasteiger partial charge in [0.15, 0.2) is 0 Å². The van der Waals surface area contributed by atoms with Gasteiger partial charge < -0.3 is 10.6 Å². The molecule has 4 heteroatoms. The molecule has 0 saturated heterocycles.